The van der Waals surface area contributed by atoms with Crippen LogP contribution in [0.15, 0.2) is 54.6 Å². The van der Waals surface area contributed by atoms with Gasteiger partial charge in [0, 0.05) is 30.5 Å². The second-order valence-corrected chi connectivity index (χ2v) is 6.60. The fourth-order valence-corrected chi connectivity index (χ4v) is 3.50. The molecule has 0 bridgehead atoms. The number of nitrogens with one attached hydrogen (secondary N) is 1. The van der Waals surface area contributed by atoms with Gasteiger partial charge in [0.25, 0.3) is 5.91 Å². The van der Waals surface area contributed by atoms with Gasteiger partial charge in [-0.25, -0.2) is 4.39 Å². The molecule has 0 spiro atoms. The molecule has 0 saturated carbocycles. The highest BCUT2D eigenvalue weighted by molar-refractivity contribution is 5.98. The van der Waals surface area contributed by atoms with Crippen molar-refractivity contribution in [3.63, 3.8) is 0 Å². The maximum absolute atomic E-state index is 13.4. The van der Waals surface area contributed by atoms with Gasteiger partial charge in [-0.2, -0.15) is 0 Å². The molecule has 5 heteroatoms. The fourth-order valence-electron chi connectivity index (χ4n) is 3.50. The average Bonchev–Trinajstić information content (AvgIpc) is 3.05. The predicted molar refractivity (Wildman–Crippen MR) is 96.0 cm³/mol. The largest absolute Gasteiger partial charge is 0.351 e. The van der Waals surface area contributed by atoms with E-state index in [0.717, 1.165) is 24.2 Å². The van der Waals surface area contributed by atoms with E-state index in [2.05, 4.69) is 29.1 Å². The van der Waals surface area contributed by atoms with E-state index in [-0.39, 0.29) is 17.8 Å². The zero-order valence-corrected chi connectivity index (χ0v) is 14.1. The van der Waals surface area contributed by atoms with E-state index in [9.17, 15) is 9.18 Å². The number of halogens is 1. The van der Waals surface area contributed by atoms with Crippen molar-refractivity contribution in [2.24, 2.45) is 0 Å². The van der Waals surface area contributed by atoms with E-state index < -0.39 is 0 Å². The Morgan fingerprint density at radius 3 is 2.72 bits per heavy atom. The zero-order valence-electron chi connectivity index (χ0n) is 14.1. The first-order valence-electron chi connectivity index (χ1n) is 8.44. The van der Waals surface area contributed by atoms with E-state index in [4.69, 9.17) is 0 Å². The first-order valence-corrected chi connectivity index (χ1v) is 8.44. The van der Waals surface area contributed by atoms with E-state index >= 15 is 0 Å². The van der Waals surface area contributed by atoms with Crippen LogP contribution in [-0.2, 0) is 0 Å². The summed E-state index contributed by atoms with van der Waals surface area (Å²) in [6, 6.07) is 16.4. The Balaban J connectivity index is 1.68. The number of likely N-dealkylation sites (N-methyl/N-ethyl adjacent to an activating group) is 1. The lowest BCUT2D eigenvalue weighted by molar-refractivity contribution is 0.0493. The van der Waals surface area contributed by atoms with Gasteiger partial charge >= 0.3 is 0 Å². The van der Waals surface area contributed by atoms with Gasteiger partial charge in [0.1, 0.15) is 11.5 Å². The maximum atomic E-state index is 13.4. The third-order valence-electron chi connectivity index (χ3n) is 4.84. The lowest BCUT2D eigenvalue weighted by Gasteiger charge is -2.40. The molecule has 1 aliphatic rings. The van der Waals surface area contributed by atoms with Gasteiger partial charge in [0.05, 0.1) is 6.04 Å². The number of hydrogen-bond donors (Lipinski definition) is 1. The van der Waals surface area contributed by atoms with Crippen molar-refractivity contribution in [1.82, 2.24) is 14.8 Å². The summed E-state index contributed by atoms with van der Waals surface area (Å²) in [4.78, 5) is 20.4. The number of hydrogen-bond acceptors (Lipinski definition) is 2. The summed E-state index contributed by atoms with van der Waals surface area (Å²) in [7, 11) is 2.07. The number of H-pyrrole nitrogens is 1. The van der Waals surface area contributed by atoms with E-state index in [1.54, 1.807) is 12.1 Å². The van der Waals surface area contributed by atoms with Crippen molar-refractivity contribution >= 4 is 16.8 Å². The number of piperazine rings is 1. The van der Waals surface area contributed by atoms with Gasteiger partial charge in [-0.1, -0.05) is 30.3 Å². The first-order chi connectivity index (χ1) is 12.1. The molecule has 1 amide bonds. The molecule has 1 aromatic heterocycles. The minimum absolute atomic E-state index is 0.00981. The summed E-state index contributed by atoms with van der Waals surface area (Å²) in [6.07, 6.45) is 0. The summed E-state index contributed by atoms with van der Waals surface area (Å²) in [5, 5.41) is 0.716. The highest BCUT2D eigenvalue weighted by Crippen LogP contribution is 2.27. The molecule has 25 heavy (non-hydrogen) atoms. The normalized spacial score (nSPS) is 18.6. The molecule has 1 atom stereocenters. The Bertz CT molecular complexity index is 906. The lowest BCUT2D eigenvalue weighted by atomic mass is 10.0. The molecule has 0 aliphatic carbocycles. The van der Waals surface area contributed by atoms with Crippen LogP contribution in [0.25, 0.3) is 10.9 Å². The lowest BCUT2D eigenvalue weighted by Crippen LogP contribution is -2.49. The number of nitrogens with zero attached hydrogens (tertiary/aromatic N) is 2. The number of carbonyl (C=O) groups excluding carboxylic acids is 1. The number of carbonyl (C=O) groups is 1. The Labute approximate surface area is 145 Å². The molecule has 2 aromatic carbocycles. The Hall–Kier alpha value is -2.66. The van der Waals surface area contributed by atoms with Gasteiger partial charge in [0.2, 0.25) is 0 Å². The molecule has 128 valence electrons. The first kappa shape index (κ1) is 15.8. The maximum Gasteiger partial charge on any atom is 0.270 e. The van der Waals surface area contributed by atoms with E-state index in [1.807, 2.05) is 23.1 Å². The number of rotatable bonds is 2. The summed E-state index contributed by atoms with van der Waals surface area (Å²) in [5.74, 6) is -0.342. The molecule has 4 rings (SSSR count). The topological polar surface area (TPSA) is 39.3 Å². The highest BCUT2D eigenvalue weighted by Gasteiger charge is 2.31. The second kappa shape index (κ2) is 6.33. The molecule has 1 aliphatic heterocycles. The zero-order chi connectivity index (χ0) is 17.4. The quantitative estimate of drug-likeness (QED) is 0.778. The molecule has 3 aromatic rings. The van der Waals surface area contributed by atoms with Crippen molar-refractivity contribution in [2.45, 2.75) is 6.04 Å². The smallest absolute Gasteiger partial charge is 0.270 e. The van der Waals surface area contributed by atoms with Gasteiger partial charge < -0.3 is 14.8 Å². The van der Waals surface area contributed by atoms with Crippen LogP contribution in [-0.4, -0.2) is 47.4 Å². The molecular formula is C20H20FN3O. The van der Waals surface area contributed by atoms with Crippen LogP contribution >= 0.6 is 0 Å². The molecule has 1 N–H and O–H groups in total. The van der Waals surface area contributed by atoms with Crippen LogP contribution in [0.5, 0.6) is 0 Å². The van der Waals surface area contributed by atoms with Crippen LogP contribution in [0.4, 0.5) is 4.39 Å². The van der Waals surface area contributed by atoms with Crippen LogP contribution in [0.3, 0.4) is 0 Å². The summed E-state index contributed by atoms with van der Waals surface area (Å²) in [6.45, 7) is 2.30. The van der Waals surface area contributed by atoms with Gasteiger partial charge in [0.15, 0.2) is 0 Å². The molecule has 1 saturated heterocycles. The average molecular weight is 337 g/mol. The van der Waals surface area contributed by atoms with Gasteiger partial charge in [-0.3, -0.25) is 4.79 Å². The fraction of sp³-hybridized carbons (Fsp3) is 0.250. The molecule has 2 heterocycles. The van der Waals surface area contributed by atoms with Crippen LogP contribution < -0.4 is 0 Å². The Morgan fingerprint density at radius 1 is 1.12 bits per heavy atom. The molecular weight excluding hydrogens is 317 g/mol. The van der Waals surface area contributed by atoms with E-state index in [0.29, 0.717) is 17.6 Å². The van der Waals surface area contributed by atoms with Crippen molar-refractivity contribution in [3.05, 3.63) is 71.7 Å². The Kier molecular flexibility index (Phi) is 4.01. The van der Waals surface area contributed by atoms with Crippen LogP contribution in [0.1, 0.15) is 22.1 Å². The standard InChI is InChI=1S/C20H20FN3O/c1-23-9-10-24(19(13-23)14-5-3-2-4-6-14)20(25)18-12-15-11-16(21)7-8-17(15)22-18/h2-8,11-12,19,22H,9-10,13H2,1H3/t19-/m1/s1. The van der Waals surface area contributed by atoms with Gasteiger partial charge in [-0.05, 0) is 36.9 Å². The van der Waals surface area contributed by atoms with E-state index in [1.165, 1.54) is 12.1 Å². The SMILES string of the molecule is CN1CCN(C(=O)c2cc3cc(F)ccc3[nH]2)[C@@H](c2ccccc2)C1. The second-order valence-electron chi connectivity index (χ2n) is 6.60. The highest BCUT2D eigenvalue weighted by atomic mass is 19.1. The van der Waals surface area contributed by atoms with Gasteiger partial charge in [-0.15, -0.1) is 0 Å². The third kappa shape index (κ3) is 3.03. The molecule has 0 unspecified atom stereocenters. The number of aromatic amines is 1. The van der Waals surface area contributed by atoms with Crippen molar-refractivity contribution in [1.29, 1.82) is 0 Å². The molecule has 1 fully saturated rings. The number of benzene rings is 2. The number of amides is 1. The van der Waals surface area contributed by atoms with Crippen LogP contribution in [0.2, 0.25) is 0 Å². The minimum atomic E-state index is -0.299. The summed E-state index contributed by atoms with van der Waals surface area (Å²) < 4.78 is 13.4. The third-order valence-corrected chi connectivity index (χ3v) is 4.84. The number of fused-ring (bicyclic) bond motifs is 1. The number of aromatic nitrogens is 1. The summed E-state index contributed by atoms with van der Waals surface area (Å²) in [5.41, 5.74) is 2.41. The van der Waals surface area contributed by atoms with Crippen molar-refractivity contribution < 1.29 is 9.18 Å². The Morgan fingerprint density at radius 2 is 1.92 bits per heavy atom. The van der Waals surface area contributed by atoms with Crippen molar-refractivity contribution in [3.8, 4) is 0 Å². The van der Waals surface area contributed by atoms with Crippen molar-refractivity contribution in [2.75, 3.05) is 26.7 Å². The predicted octanol–water partition coefficient (Wildman–Crippen LogP) is 3.44. The summed E-state index contributed by atoms with van der Waals surface area (Å²) >= 11 is 0. The molecule has 4 nitrogen and oxygen atoms in total. The molecule has 0 radical (unpaired) electrons. The monoisotopic (exact) mass is 337 g/mol. The minimum Gasteiger partial charge on any atom is -0.351 e. The van der Waals surface area contributed by atoms with Crippen LogP contribution in [0, 0.1) is 5.82 Å².